The lowest BCUT2D eigenvalue weighted by molar-refractivity contribution is 0.480. The van der Waals surface area contributed by atoms with Gasteiger partial charge in [0.05, 0.1) is 11.9 Å². The van der Waals surface area contributed by atoms with Gasteiger partial charge in [-0.1, -0.05) is 6.07 Å². The van der Waals surface area contributed by atoms with Gasteiger partial charge >= 0.3 is 0 Å². The Hall–Kier alpha value is -2.62. The number of hydrogen-bond donors (Lipinski definition) is 1. The number of nitrogens with zero attached hydrogens (tertiary/aromatic N) is 2. The van der Waals surface area contributed by atoms with Gasteiger partial charge in [0, 0.05) is 24.0 Å². The lowest BCUT2D eigenvalue weighted by atomic mass is 9.92. The van der Waals surface area contributed by atoms with Gasteiger partial charge < -0.3 is 4.74 Å². The molecule has 0 amide bonds. The third kappa shape index (κ3) is 2.60. The predicted octanol–water partition coefficient (Wildman–Crippen LogP) is 4.14. The van der Waals surface area contributed by atoms with Crippen LogP contribution in [0.1, 0.15) is 24.0 Å². The highest BCUT2D eigenvalue weighted by atomic mass is 16.5. The van der Waals surface area contributed by atoms with Crippen LogP contribution in [0.2, 0.25) is 0 Å². The summed E-state index contributed by atoms with van der Waals surface area (Å²) in [6.07, 6.45) is 10.3. The molecular weight excluding hydrogens is 274 g/mol. The summed E-state index contributed by atoms with van der Waals surface area (Å²) in [5.74, 6) is 1.69. The SMILES string of the molecule is c1cc(Oc2ccc3c(c2)CCCC3)cc(-c2cn[nH]c2)n1. The summed E-state index contributed by atoms with van der Waals surface area (Å²) in [6, 6.07) is 10.2. The third-order valence-electron chi connectivity index (χ3n) is 4.08. The molecule has 1 aliphatic rings. The van der Waals surface area contributed by atoms with E-state index in [0.717, 1.165) is 29.2 Å². The first kappa shape index (κ1) is 13.1. The number of nitrogens with one attached hydrogen (secondary N) is 1. The van der Waals surface area contributed by atoms with E-state index in [9.17, 15) is 0 Å². The van der Waals surface area contributed by atoms with Crippen LogP contribution in [0.25, 0.3) is 11.3 Å². The zero-order valence-corrected chi connectivity index (χ0v) is 12.2. The lowest BCUT2D eigenvalue weighted by Gasteiger charge is -2.16. The van der Waals surface area contributed by atoms with Gasteiger partial charge in [0.15, 0.2) is 0 Å². The average molecular weight is 291 g/mol. The summed E-state index contributed by atoms with van der Waals surface area (Å²) in [4.78, 5) is 4.35. The Morgan fingerprint density at radius 3 is 2.68 bits per heavy atom. The normalized spacial score (nSPS) is 13.6. The zero-order valence-electron chi connectivity index (χ0n) is 12.2. The second kappa shape index (κ2) is 5.64. The summed E-state index contributed by atoms with van der Waals surface area (Å²) >= 11 is 0. The summed E-state index contributed by atoms with van der Waals surface area (Å²) in [5, 5.41) is 6.76. The molecule has 4 rings (SSSR count). The Kier molecular flexibility index (Phi) is 3.35. The maximum Gasteiger partial charge on any atom is 0.131 e. The molecule has 0 fully saturated rings. The van der Waals surface area contributed by atoms with Gasteiger partial charge in [-0.25, -0.2) is 0 Å². The van der Waals surface area contributed by atoms with Crippen molar-refractivity contribution in [2.45, 2.75) is 25.7 Å². The summed E-state index contributed by atoms with van der Waals surface area (Å²) in [7, 11) is 0. The molecular formula is C18H17N3O. The Bertz CT molecular complexity index is 781. The molecule has 4 nitrogen and oxygen atoms in total. The van der Waals surface area contributed by atoms with E-state index in [1.807, 2.05) is 18.3 Å². The van der Waals surface area contributed by atoms with Crippen LogP contribution < -0.4 is 4.74 Å². The van der Waals surface area contributed by atoms with Crippen LogP contribution >= 0.6 is 0 Å². The summed E-state index contributed by atoms with van der Waals surface area (Å²) < 4.78 is 6.01. The molecule has 4 heteroatoms. The van der Waals surface area contributed by atoms with Gasteiger partial charge in [0.1, 0.15) is 11.5 Å². The minimum Gasteiger partial charge on any atom is -0.457 e. The number of H-pyrrole nitrogens is 1. The van der Waals surface area contributed by atoms with Crippen LogP contribution in [-0.4, -0.2) is 15.2 Å². The monoisotopic (exact) mass is 291 g/mol. The van der Waals surface area contributed by atoms with Crippen molar-refractivity contribution in [3.05, 3.63) is 60.0 Å². The van der Waals surface area contributed by atoms with Crippen molar-refractivity contribution in [1.82, 2.24) is 15.2 Å². The first-order chi connectivity index (χ1) is 10.9. The van der Waals surface area contributed by atoms with Gasteiger partial charge in [-0.05, 0) is 55.0 Å². The number of fused-ring (bicyclic) bond motifs is 1. The van der Waals surface area contributed by atoms with Gasteiger partial charge in [0.2, 0.25) is 0 Å². The van der Waals surface area contributed by atoms with E-state index in [2.05, 4.69) is 33.4 Å². The van der Waals surface area contributed by atoms with Crippen LogP contribution in [0.5, 0.6) is 11.5 Å². The number of rotatable bonds is 3. The lowest BCUT2D eigenvalue weighted by Crippen LogP contribution is -2.02. The smallest absolute Gasteiger partial charge is 0.131 e. The molecule has 0 unspecified atom stereocenters. The molecule has 0 saturated heterocycles. The van der Waals surface area contributed by atoms with E-state index >= 15 is 0 Å². The number of ether oxygens (including phenoxy) is 1. The molecule has 2 aromatic heterocycles. The minimum absolute atomic E-state index is 0.793. The van der Waals surface area contributed by atoms with Gasteiger partial charge in [-0.15, -0.1) is 0 Å². The van der Waals surface area contributed by atoms with Gasteiger partial charge in [0.25, 0.3) is 0 Å². The summed E-state index contributed by atoms with van der Waals surface area (Å²) in [6.45, 7) is 0. The number of hydrogen-bond acceptors (Lipinski definition) is 3. The zero-order chi connectivity index (χ0) is 14.8. The van der Waals surface area contributed by atoms with Crippen molar-refractivity contribution in [2.75, 3.05) is 0 Å². The van der Waals surface area contributed by atoms with Crippen LogP contribution in [0, 0.1) is 0 Å². The standard InChI is InChI=1S/C18H17N3O/c1-2-4-14-9-16(6-5-13(14)3-1)22-17-7-8-19-18(10-17)15-11-20-21-12-15/h5-12H,1-4H2,(H,20,21). The van der Waals surface area contributed by atoms with E-state index in [4.69, 9.17) is 4.74 Å². The van der Waals surface area contributed by atoms with Crippen molar-refractivity contribution in [2.24, 2.45) is 0 Å². The molecule has 0 atom stereocenters. The fourth-order valence-corrected chi connectivity index (χ4v) is 2.93. The summed E-state index contributed by atoms with van der Waals surface area (Å²) in [5.41, 5.74) is 4.69. The molecule has 2 heterocycles. The van der Waals surface area contributed by atoms with Crippen molar-refractivity contribution >= 4 is 0 Å². The van der Waals surface area contributed by atoms with Gasteiger partial charge in [-0.3, -0.25) is 10.1 Å². The number of pyridine rings is 1. The molecule has 22 heavy (non-hydrogen) atoms. The number of aromatic nitrogens is 3. The van der Waals surface area contributed by atoms with E-state index in [0.29, 0.717) is 0 Å². The highest BCUT2D eigenvalue weighted by Gasteiger charge is 2.10. The molecule has 1 aliphatic carbocycles. The fraction of sp³-hybridized carbons (Fsp3) is 0.222. The van der Waals surface area contributed by atoms with Crippen LogP contribution in [0.4, 0.5) is 0 Å². The molecule has 3 aromatic rings. The molecule has 0 saturated carbocycles. The average Bonchev–Trinajstić information content (AvgIpc) is 3.10. The molecule has 1 aromatic carbocycles. The van der Waals surface area contributed by atoms with E-state index in [1.165, 1.54) is 30.4 Å². The quantitative estimate of drug-likeness (QED) is 0.789. The Balaban J connectivity index is 1.60. The largest absolute Gasteiger partial charge is 0.457 e. The van der Waals surface area contributed by atoms with Crippen molar-refractivity contribution < 1.29 is 4.74 Å². The second-order valence-electron chi connectivity index (χ2n) is 5.60. The molecule has 0 bridgehead atoms. The van der Waals surface area contributed by atoms with Crippen molar-refractivity contribution in [1.29, 1.82) is 0 Å². The van der Waals surface area contributed by atoms with E-state index in [1.54, 1.807) is 12.4 Å². The van der Waals surface area contributed by atoms with Crippen molar-refractivity contribution in [3.63, 3.8) is 0 Å². The minimum atomic E-state index is 0.793. The molecule has 0 spiro atoms. The number of benzene rings is 1. The maximum atomic E-state index is 6.01. The van der Waals surface area contributed by atoms with Crippen LogP contribution in [0.3, 0.4) is 0 Å². The van der Waals surface area contributed by atoms with Crippen LogP contribution in [0.15, 0.2) is 48.9 Å². The molecule has 0 radical (unpaired) electrons. The topological polar surface area (TPSA) is 50.8 Å². The Morgan fingerprint density at radius 1 is 0.955 bits per heavy atom. The van der Waals surface area contributed by atoms with Crippen LogP contribution in [-0.2, 0) is 12.8 Å². The first-order valence-corrected chi connectivity index (χ1v) is 7.63. The van der Waals surface area contributed by atoms with Crippen molar-refractivity contribution in [3.8, 4) is 22.8 Å². The Labute approximate surface area is 129 Å². The van der Waals surface area contributed by atoms with E-state index < -0.39 is 0 Å². The molecule has 1 N–H and O–H groups in total. The highest BCUT2D eigenvalue weighted by molar-refractivity contribution is 5.58. The van der Waals surface area contributed by atoms with Gasteiger partial charge in [-0.2, -0.15) is 5.10 Å². The Morgan fingerprint density at radius 2 is 1.82 bits per heavy atom. The molecule has 0 aliphatic heterocycles. The second-order valence-corrected chi connectivity index (χ2v) is 5.60. The molecule has 110 valence electrons. The van der Waals surface area contributed by atoms with E-state index in [-0.39, 0.29) is 0 Å². The third-order valence-corrected chi connectivity index (χ3v) is 4.08. The highest BCUT2D eigenvalue weighted by Crippen LogP contribution is 2.29. The first-order valence-electron chi connectivity index (χ1n) is 7.63. The maximum absolute atomic E-state index is 6.01. The number of aryl methyl sites for hydroxylation is 2. The predicted molar refractivity (Wildman–Crippen MR) is 85.0 cm³/mol. The fourth-order valence-electron chi connectivity index (χ4n) is 2.93. The number of aromatic amines is 1.